The van der Waals surface area contributed by atoms with Crippen molar-refractivity contribution in [3.63, 3.8) is 0 Å². The summed E-state index contributed by atoms with van der Waals surface area (Å²) in [6.45, 7) is 7.90. The van der Waals surface area contributed by atoms with Gasteiger partial charge in [-0.2, -0.15) is 5.26 Å². The molecule has 236 valence electrons. The van der Waals surface area contributed by atoms with Crippen LogP contribution in [0.3, 0.4) is 0 Å². The molecular weight excluding hydrogens is 604 g/mol. The van der Waals surface area contributed by atoms with Crippen LogP contribution in [0.1, 0.15) is 54.7 Å². The molecule has 46 heavy (non-hydrogen) atoms. The van der Waals surface area contributed by atoms with Gasteiger partial charge >= 0.3 is 0 Å². The summed E-state index contributed by atoms with van der Waals surface area (Å²) >= 11 is 1.29. The molecular formula is C33H34N8O4S. The number of amides is 2. The maximum atomic E-state index is 13.5. The highest BCUT2D eigenvalue weighted by Crippen LogP contribution is 2.30. The zero-order chi connectivity index (χ0) is 32.3. The fourth-order valence-corrected chi connectivity index (χ4v) is 6.40. The van der Waals surface area contributed by atoms with Crippen LogP contribution in [0.25, 0.3) is 21.7 Å². The van der Waals surface area contributed by atoms with Crippen LogP contribution in [0.2, 0.25) is 0 Å². The second-order valence-electron chi connectivity index (χ2n) is 12.2. The fraction of sp³-hybridized carbons (Fsp3) is 0.333. The molecule has 0 bridgehead atoms. The quantitative estimate of drug-likeness (QED) is 0.143. The summed E-state index contributed by atoms with van der Waals surface area (Å²) in [4.78, 5) is 43.0. The molecule has 0 radical (unpaired) electrons. The molecule has 13 heteroatoms. The van der Waals surface area contributed by atoms with E-state index in [1.165, 1.54) is 24.0 Å². The largest absolute Gasteiger partial charge is 0.448 e. The number of fused-ring (bicyclic) bond motifs is 1. The molecule has 1 aliphatic heterocycles. The number of benzene rings is 1. The number of oxazole rings is 2. The number of nitriles is 1. The summed E-state index contributed by atoms with van der Waals surface area (Å²) in [5.41, 5.74) is 2.36. The van der Waals surface area contributed by atoms with Crippen molar-refractivity contribution in [2.24, 2.45) is 5.41 Å². The minimum absolute atomic E-state index is 0.144. The predicted octanol–water partition coefficient (Wildman–Crippen LogP) is 5.77. The summed E-state index contributed by atoms with van der Waals surface area (Å²) < 4.78 is 12.6. The Morgan fingerprint density at radius 1 is 1.20 bits per heavy atom. The first-order valence-corrected chi connectivity index (χ1v) is 15.8. The Labute approximate surface area is 269 Å². The number of carbonyl (C=O) groups excluding carboxylic acids is 2. The van der Waals surface area contributed by atoms with Crippen molar-refractivity contribution >= 4 is 40.1 Å². The number of nitrogens with zero attached hydrogens (tertiary/aromatic N) is 6. The van der Waals surface area contributed by atoms with E-state index in [1.807, 2.05) is 49.6 Å². The number of hydrogen-bond acceptors (Lipinski definition) is 10. The van der Waals surface area contributed by atoms with Gasteiger partial charge in [-0.05, 0) is 48.1 Å². The molecule has 2 amide bonds. The van der Waals surface area contributed by atoms with Crippen molar-refractivity contribution in [1.82, 2.24) is 29.7 Å². The number of thiophene rings is 1. The molecule has 1 aliphatic rings. The Morgan fingerprint density at radius 3 is 2.80 bits per heavy atom. The number of rotatable bonds is 10. The lowest BCUT2D eigenvalue weighted by Crippen LogP contribution is -2.39. The predicted molar refractivity (Wildman–Crippen MR) is 172 cm³/mol. The molecule has 0 aliphatic carbocycles. The Hall–Kier alpha value is -5.06. The van der Waals surface area contributed by atoms with Crippen molar-refractivity contribution in [2.45, 2.75) is 59.3 Å². The maximum absolute atomic E-state index is 13.5. The third kappa shape index (κ3) is 6.93. The summed E-state index contributed by atoms with van der Waals surface area (Å²) in [6, 6.07) is 11.5. The second kappa shape index (κ2) is 13.1. The van der Waals surface area contributed by atoms with Crippen LogP contribution in [0.5, 0.6) is 0 Å². The highest BCUT2D eigenvalue weighted by Gasteiger charge is 2.32. The number of nitrogens with one attached hydrogen (secondary N) is 2. The average Bonchev–Trinajstić information content (AvgIpc) is 3.86. The highest BCUT2D eigenvalue weighted by atomic mass is 32.1. The zero-order valence-electron chi connectivity index (χ0n) is 25.8. The van der Waals surface area contributed by atoms with Gasteiger partial charge in [-0.15, -0.1) is 11.3 Å². The zero-order valence-corrected chi connectivity index (χ0v) is 26.6. The van der Waals surface area contributed by atoms with E-state index >= 15 is 0 Å². The van der Waals surface area contributed by atoms with E-state index in [9.17, 15) is 14.9 Å². The number of hydrogen-bond donors (Lipinski definition) is 2. The minimum Gasteiger partial charge on any atom is -0.448 e. The third-order valence-electron chi connectivity index (χ3n) is 7.59. The standard InChI is InChI=1S/C33H34N8O4S/c1-33(2,3)14-22(15-34)31(43)40-11-4-5-23(40)19-41-25-7-6-21(16-35-18-29-37-10-12-44-29)13-24(25)38-32(41)39-30(42)28-9-8-27(46-28)26-17-36-20-45-26/h6-10,12-14,17,20,23,35H,4-5,11,16,18-19H2,1-3H3,(H,38,39,42). The van der Waals surface area contributed by atoms with E-state index in [-0.39, 0.29) is 28.8 Å². The van der Waals surface area contributed by atoms with Gasteiger partial charge in [0.2, 0.25) is 11.8 Å². The van der Waals surface area contributed by atoms with Gasteiger partial charge in [-0.25, -0.2) is 15.0 Å². The minimum atomic E-state index is -0.315. The smallest absolute Gasteiger partial charge is 0.268 e. The van der Waals surface area contributed by atoms with E-state index in [0.717, 1.165) is 28.8 Å². The van der Waals surface area contributed by atoms with Crippen LogP contribution in [-0.2, 0) is 24.4 Å². The second-order valence-corrected chi connectivity index (χ2v) is 13.3. The Bertz CT molecular complexity index is 1910. The molecule has 1 unspecified atom stereocenters. The first kappa shape index (κ1) is 30.9. The number of likely N-dealkylation sites (tertiary alicyclic amines) is 1. The number of imidazole rings is 1. The lowest BCUT2D eigenvalue weighted by atomic mass is 9.93. The lowest BCUT2D eigenvalue weighted by Gasteiger charge is -2.26. The molecule has 12 nitrogen and oxygen atoms in total. The highest BCUT2D eigenvalue weighted by molar-refractivity contribution is 7.17. The van der Waals surface area contributed by atoms with Crippen molar-refractivity contribution in [3.8, 4) is 16.7 Å². The first-order chi connectivity index (χ1) is 22.2. The molecule has 0 saturated carbocycles. The molecule has 5 aromatic rings. The Balaban J connectivity index is 1.28. The van der Waals surface area contributed by atoms with Gasteiger partial charge in [0.1, 0.15) is 17.9 Å². The van der Waals surface area contributed by atoms with Gasteiger partial charge in [0.25, 0.3) is 11.8 Å². The number of carbonyl (C=O) groups is 2. The van der Waals surface area contributed by atoms with Gasteiger partial charge in [0, 0.05) is 19.6 Å². The monoisotopic (exact) mass is 638 g/mol. The maximum Gasteiger partial charge on any atom is 0.268 e. The molecule has 0 spiro atoms. The molecule has 4 aromatic heterocycles. The van der Waals surface area contributed by atoms with E-state index in [1.54, 1.807) is 29.4 Å². The van der Waals surface area contributed by atoms with Crippen LogP contribution >= 0.6 is 11.3 Å². The number of aromatic nitrogens is 4. The van der Waals surface area contributed by atoms with Crippen LogP contribution < -0.4 is 10.6 Å². The van der Waals surface area contributed by atoms with Crippen LogP contribution in [-0.4, -0.2) is 48.8 Å². The molecule has 5 heterocycles. The number of anilines is 1. The van der Waals surface area contributed by atoms with Gasteiger partial charge in [-0.1, -0.05) is 32.9 Å². The van der Waals surface area contributed by atoms with Crippen molar-refractivity contribution in [2.75, 3.05) is 11.9 Å². The summed E-state index contributed by atoms with van der Waals surface area (Å²) in [6.07, 6.45) is 9.42. The summed E-state index contributed by atoms with van der Waals surface area (Å²) in [5, 5.41) is 16.1. The number of allylic oxidation sites excluding steroid dienone is 1. The molecule has 1 saturated heterocycles. The van der Waals surface area contributed by atoms with Crippen LogP contribution in [0, 0.1) is 16.7 Å². The fourth-order valence-electron chi connectivity index (χ4n) is 5.55. The molecule has 1 aromatic carbocycles. The van der Waals surface area contributed by atoms with Crippen LogP contribution in [0.15, 0.2) is 75.9 Å². The molecule has 2 N–H and O–H groups in total. The van der Waals surface area contributed by atoms with Gasteiger partial charge in [0.05, 0.1) is 45.8 Å². The van der Waals surface area contributed by atoms with Gasteiger partial charge in [-0.3, -0.25) is 14.9 Å². The molecule has 1 fully saturated rings. The van der Waals surface area contributed by atoms with Crippen LogP contribution in [0.4, 0.5) is 5.95 Å². The van der Waals surface area contributed by atoms with E-state index < -0.39 is 0 Å². The van der Waals surface area contributed by atoms with Gasteiger partial charge < -0.3 is 23.6 Å². The Kier molecular flexibility index (Phi) is 8.83. The van der Waals surface area contributed by atoms with E-state index in [4.69, 9.17) is 13.8 Å². The Morgan fingerprint density at radius 2 is 2.07 bits per heavy atom. The van der Waals surface area contributed by atoms with Gasteiger partial charge in [0.15, 0.2) is 12.2 Å². The molecule has 1 atom stereocenters. The van der Waals surface area contributed by atoms with E-state index in [0.29, 0.717) is 54.2 Å². The normalized spacial score (nSPS) is 15.4. The van der Waals surface area contributed by atoms with Crippen molar-refractivity contribution in [3.05, 3.63) is 83.4 Å². The third-order valence-corrected chi connectivity index (χ3v) is 8.69. The van der Waals surface area contributed by atoms with E-state index in [2.05, 4.69) is 26.7 Å². The summed E-state index contributed by atoms with van der Waals surface area (Å²) in [5.74, 6) is 0.989. The van der Waals surface area contributed by atoms with Crippen molar-refractivity contribution in [1.29, 1.82) is 5.26 Å². The lowest BCUT2D eigenvalue weighted by molar-refractivity contribution is -0.127. The first-order valence-electron chi connectivity index (χ1n) is 15.0. The molecule has 6 rings (SSSR count). The SMILES string of the molecule is CC(C)(C)C=C(C#N)C(=O)N1CCCC1Cn1c(NC(=O)c2ccc(-c3cnco3)s2)nc2cc(CNCc3ncco3)ccc21. The average molecular weight is 639 g/mol. The topological polar surface area (TPSA) is 155 Å². The van der Waals surface area contributed by atoms with Crippen molar-refractivity contribution < 1.29 is 18.4 Å². The summed E-state index contributed by atoms with van der Waals surface area (Å²) in [7, 11) is 0.